The van der Waals surface area contributed by atoms with Gasteiger partial charge < -0.3 is 15.2 Å². The highest BCUT2D eigenvalue weighted by Gasteiger charge is 2.35. The molecule has 0 bridgehead atoms. The predicted molar refractivity (Wildman–Crippen MR) is 85.6 cm³/mol. The summed E-state index contributed by atoms with van der Waals surface area (Å²) in [5, 5.41) is 22.3. The van der Waals surface area contributed by atoms with Gasteiger partial charge >= 0.3 is 0 Å². The van der Waals surface area contributed by atoms with Crippen molar-refractivity contribution < 1.29 is 9.84 Å². The van der Waals surface area contributed by atoms with E-state index in [0.717, 1.165) is 6.54 Å². The van der Waals surface area contributed by atoms with Crippen LogP contribution < -0.4 is 10.1 Å². The second-order valence-electron chi connectivity index (χ2n) is 5.44. The van der Waals surface area contributed by atoms with Crippen LogP contribution in [0.1, 0.15) is 24.8 Å². The molecule has 0 aromatic heterocycles. The van der Waals surface area contributed by atoms with Crippen molar-refractivity contribution in [3.63, 3.8) is 0 Å². The third-order valence-electron chi connectivity index (χ3n) is 3.96. The normalized spacial score (nSPS) is 17.6. The summed E-state index contributed by atoms with van der Waals surface area (Å²) in [5.41, 5.74) is 0.494. The molecule has 0 radical (unpaired) electrons. The van der Waals surface area contributed by atoms with Gasteiger partial charge in [0.25, 0.3) is 0 Å². The summed E-state index contributed by atoms with van der Waals surface area (Å²) in [4.78, 5) is 0. The first kappa shape index (κ1) is 16.2. The Balaban J connectivity index is 1.70. The van der Waals surface area contributed by atoms with Crippen LogP contribution >= 0.6 is 11.8 Å². The molecule has 0 amide bonds. The highest BCUT2D eigenvalue weighted by Crippen LogP contribution is 2.42. The zero-order valence-electron chi connectivity index (χ0n) is 12.3. The van der Waals surface area contributed by atoms with E-state index in [9.17, 15) is 5.11 Å². The van der Waals surface area contributed by atoms with Crippen LogP contribution in [-0.2, 0) is 0 Å². The first-order valence-corrected chi connectivity index (χ1v) is 8.47. The van der Waals surface area contributed by atoms with Gasteiger partial charge in [-0.15, -0.1) is 0 Å². The number of hydrogen-bond acceptors (Lipinski definition) is 5. The van der Waals surface area contributed by atoms with E-state index in [-0.39, 0.29) is 6.61 Å². The van der Waals surface area contributed by atoms with E-state index in [2.05, 4.69) is 17.6 Å². The van der Waals surface area contributed by atoms with E-state index in [1.54, 1.807) is 18.2 Å². The summed E-state index contributed by atoms with van der Waals surface area (Å²) < 4.78 is 5.89. The molecule has 5 heteroatoms. The van der Waals surface area contributed by atoms with E-state index in [1.165, 1.54) is 19.3 Å². The summed E-state index contributed by atoms with van der Waals surface area (Å²) >= 11 is 1.91. The largest absolute Gasteiger partial charge is 0.489 e. The molecule has 4 nitrogen and oxygen atoms in total. The first-order chi connectivity index (χ1) is 10.2. The minimum absolute atomic E-state index is 0.192. The van der Waals surface area contributed by atoms with E-state index in [0.29, 0.717) is 22.6 Å². The fraction of sp³-hybridized carbons (Fsp3) is 0.562. The molecule has 0 spiro atoms. The van der Waals surface area contributed by atoms with Gasteiger partial charge in [0, 0.05) is 17.8 Å². The molecule has 0 saturated heterocycles. The zero-order valence-corrected chi connectivity index (χ0v) is 13.2. The SMILES string of the molecule is CSC1(CNCC(O)COc2ccccc2C#N)CCC1. The van der Waals surface area contributed by atoms with Gasteiger partial charge in [-0.25, -0.2) is 0 Å². The van der Waals surface area contributed by atoms with E-state index in [4.69, 9.17) is 10.00 Å². The highest BCUT2D eigenvalue weighted by atomic mass is 32.2. The number of thioether (sulfide) groups is 1. The van der Waals surface area contributed by atoms with Crippen molar-refractivity contribution >= 4 is 11.8 Å². The number of nitrogens with one attached hydrogen (secondary N) is 1. The van der Waals surface area contributed by atoms with Crippen LogP contribution in [0.2, 0.25) is 0 Å². The maximum absolute atomic E-state index is 9.96. The Morgan fingerprint density at radius 2 is 2.24 bits per heavy atom. The Bertz CT molecular complexity index is 492. The molecule has 1 aromatic carbocycles. The molecular formula is C16H22N2O2S. The lowest BCUT2D eigenvalue weighted by Crippen LogP contribution is -2.45. The maximum atomic E-state index is 9.96. The lowest BCUT2D eigenvalue weighted by Gasteiger charge is -2.40. The number of para-hydroxylation sites is 1. The predicted octanol–water partition coefficient (Wildman–Crippen LogP) is 2.17. The van der Waals surface area contributed by atoms with Gasteiger partial charge in [0.15, 0.2) is 0 Å². The van der Waals surface area contributed by atoms with Crippen molar-refractivity contribution in [2.75, 3.05) is 26.0 Å². The molecule has 1 fully saturated rings. The smallest absolute Gasteiger partial charge is 0.137 e. The Morgan fingerprint density at radius 1 is 1.48 bits per heavy atom. The molecule has 1 aliphatic carbocycles. The number of nitriles is 1. The van der Waals surface area contributed by atoms with Crippen LogP contribution in [0.5, 0.6) is 5.75 Å². The van der Waals surface area contributed by atoms with Crippen LogP contribution in [0.25, 0.3) is 0 Å². The van der Waals surface area contributed by atoms with E-state index < -0.39 is 6.10 Å². The summed E-state index contributed by atoms with van der Waals surface area (Å²) in [7, 11) is 0. The van der Waals surface area contributed by atoms with Crippen LogP contribution in [0, 0.1) is 11.3 Å². The molecule has 1 saturated carbocycles. The summed E-state index contributed by atoms with van der Waals surface area (Å²) in [5.74, 6) is 0.527. The Morgan fingerprint density at radius 3 is 2.86 bits per heavy atom. The Labute approximate surface area is 130 Å². The van der Waals surface area contributed by atoms with Crippen molar-refractivity contribution in [2.24, 2.45) is 0 Å². The second kappa shape index (κ2) is 7.69. The number of nitrogens with zero attached hydrogens (tertiary/aromatic N) is 1. The Kier molecular flexibility index (Phi) is 5.92. The average Bonchev–Trinajstić information content (AvgIpc) is 2.48. The topological polar surface area (TPSA) is 65.3 Å². The third-order valence-corrected chi connectivity index (χ3v) is 5.38. The van der Waals surface area contributed by atoms with Crippen molar-refractivity contribution in [1.82, 2.24) is 5.32 Å². The lowest BCUT2D eigenvalue weighted by molar-refractivity contribution is 0.105. The summed E-state index contributed by atoms with van der Waals surface area (Å²) in [6.45, 7) is 1.63. The van der Waals surface area contributed by atoms with Crippen LogP contribution in [-0.4, -0.2) is 41.9 Å². The Hall–Kier alpha value is -1.22. The highest BCUT2D eigenvalue weighted by molar-refractivity contribution is 8.00. The maximum Gasteiger partial charge on any atom is 0.137 e. The molecule has 0 heterocycles. The molecule has 21 heavy (non-hydrogen) atoms. The number of aliphatic hydroxyl groups is 1. The molecule has 2 N–H and O–H groups in total. The molecule has 1 unspecified atom stereocenters. The molecule has 114 valence electrons. The minimum Gasteiger partial charge on any atom is -0.489 e. The zero-order chi connectivity index (χ0) is 15.1. The molecule has 2 rings (SSSR count). The first-order valence-electron chi connectivity index (χ1n) is 7.25. The van der Waals surface area contributed by atoms with E-state index >= 15 is 0 Å². The summed E-state index contributed by atoms with van der Waals surface area (Å²) in [6, 6.07) is 9.15. The molecule has 1 aromatic rings. The van der Waals surface area contributed by atoms with Crippen LogP contribution in [0.4, 0.5) is 0 Å². The van der Waals surface area contributed by atoms with Crippen molar-refractivity contribution in [2.45, 2.75) is 30.1 Å². The standard InChI is InChI=1S/C16H22N2O2S/c1-21-16(7-4-8-16)12-18-10-14(19)11-20-15-6-3-2-5-13(15)9-17/h2-3,5-6,14,18-19H,4,7-8,10-12H2,1H3. The number of ether oxygens (including phenoxy) is 1. The van der Waals surface area contributed by atoms with Crippen LogP contribution in [0.3, 0.4) is 0 Å². The third kappa shape index (κ3) is 4.37. The summed E-state index contributed by atoms with van der Waals surface area (Å²) in [6.07, 6.45) is 5.39. The number of hydrogen-bond donors (Lipinski definition) is 2. The lowest BCUT2D eigenvalue weighted by atomic mass is 9.84. The average molecular weight is 306 g/mol. The molecule has 0 aliphatic heterocycles. The second-order valence-corrected chi connectivity index (χ2v) is 6.72. The molecule has 1 atom stereocenters. The molecular weight excluding hydrogens is 284 g/mol. The quantitative estimate of drug-likeness (QED) is 0.770. The van der Waals surface area contributed by atoms with Crippen molar-refractivity contribution in [3.05, 3.63) is 29.8 Å². The van der Waals surface area contributed by atoms with Crippen molar-refractivity contribution in [1.29, 1.82) is 5.26 Å². The van der Waals surface area contributed by atoms with Gasteiger partial charge in [0.2, 0.25) is 0 Å². The minimum atomic E-state index is -0.573. The molecule has 1 aliphatic rings. The van der Waals surface area contributed by atoms with E-state index in [1.807, 2.05) is 17.8 Å². The van der Waals surface area contributed by atoms with Gasteiger partial charge in [-0.3, -0.25) is 0 Å². The van der Waals surface area contributed by atoms with Gasteiger partial charge in [0.05, 0.1) is 5.56 Å². The van der Waals surface area contributed by atoms with Crippen molar-refractivity contribution in [3.8, 4) is 11.8 Å². The number of aliphatic hydroxyl groups excluding tert-OH is 1. The number of benzene rings is 1. The monoisotopic (exact) mass is 306 g/mol. The number of rotatable bonds is 8. The van der Waals surface area contributed by atoms with Gasteiger partial charge in [0.1, 0.15) is 24.5 Å². The van der Waals surface area contributed by atoms with Gasteiger partial charge in [-0.05, 0) is 31.2 Å². The fourth-order valence-corrected chi connectivity index (χ4v) is 3.36. The van der Waals surface area contributed by atoms with Crippen LogP contribution in [0.15, 0.2) is 24.3 Å². The fourth-order valence-electron chi connectivity index (χ4n) is 2.42. The van der Waals surface area contributed by atoms with Gasteiger partial charge in [-0.2, -0.15) is 17.0 Å². The van der Waals surface area contributed by atoms with Gasteiger partial charge in [-0.1, -0.05) is 18.6 Å².